The molecule has 3 rings (SSSR count). The molecule has 1 saturated carbocycles. The van der Waals surface area contributed by atoms with Crippen molar-refractivity contribution in [2.24, 2.45) is 11.8 Å². The third-order valence-electron chi connectivity index (χ3n) is 6.86. The number of allylic oxidation sites excluding steroid dienone is 6. The van der Waals surface area contributed by atoms with Crippen LogP contribution >= 0.6 is 0 Å². The van der Waals surface area contributed by atoms with Crippen molar-refractivity contribution in [1.82, 2.24) is 0 Å². The molecular weight excluding hydrogens is 473 g/mol. The Balaban J connectivity index is 1.66. The van der Waals surface area contributed by atoms with Gasteiger partial charge in [-0.15, -0.1) is 0 Å². The molecule has 1 aliphatic carbocycles. The molecule has 2 atom stereocenters. The maximum Gasteiger partial charge on any atom is 0.412 e. The molecule has 2 fully saturated rings. The zero-order valence-corrected chi connectivity index (χ0v) is 19.5. The Hall–Kier alpha value is -2.35. The summed E-state index contributed by atoms with van der Waals surface area (Å²) in [7, 11) is 0. The number of alkyl halides is 3. The zero-order chi connectivity index (χ0) is 25.8. The highest BCUT2D eigenvalue weighted by atomic mass is 19.4. The Bertz CT molecular complexity index is 989. The van der Waals surface area contributed by atoms with E-state index in [4.69, 9.17) is 4.74 Å². The van der Waals surface area contributed by atoms with Crippen LogP contribution in [0.3, 0.4) is 0 Å². The van der Waals surface area contributed by atoms with Gasteiger partial charge in [-0.2, -0.15) is 13.2 Å². The molecule has 0 N–H and O–H groups in total. The molecule has 1 aromatic carbocycles. The number of hydrogen-bond donors (Lipinski definition) is 0. The quantitative estimate of drug-likeness (QED) is 0.279. The SMILES string of the molecule is C=C(\C=C(F)/C(=C/F)C(/F)=C/C(F)(F)F)c1ccc(C2CCC(C3CCC(C)CO3)CC2)cc1F. The van der Waals surface area contributed by atoms with E-state index in [0.29, 0.717) is 17.9 Å². The van der Waals surface area contributed by atoms with Crippen LogP contribution in [-0.4, -0.2) is 18.9 Å². The van der Waals surface area contributed by atoms with Gasteiger partial charge in [-0.25, -0.2) is 17.6 Å². The summed E-state index contributed by atoms with van der Waals surface area (Å²) >= 11 is 0. The average molecular weight is 503 g/mol. The third-order valence-corrected chi connectivity index (χ3v) is 6.86. The summed E-state index contributed by atoms with van der Waals surface area (Å²) < 4.78 is 98.4. The van der Waals surface area contributed by atoms with Gasteiger partial charge in [-0.05, 0) is 79.6 Å². The fraction of sp³-hybridized carbons (Fsp3) is 0.481. The molecule has 1 saturated heterocycles. The summed E-state index contributed by atoms with van der Waals surface area (Å²) in [5.74, 6) is -3.21. The van der Waals surface area contributed by atoms with Crippen molar-refractivity contribution in [2.75, 3.05) is 6.61 Å². The van der Waals surface area contributed by atoms with E-state index in [1.54, 1.807) is 6.07 Å². The lowest BCUT2D eigenvalue weighted by Crippen LogP contribution is -2.33. The molecule has 35 heavy (non-hydrogen) atoms. The normalized spacial score (nSPS) is 27.1. The molecule has 2 aliphatic rings. The van der Waals surface area contributed by atoms with Gasteiger partial charge in [-0.1, -0.05) is 25.6 Å². The Morgan fingerprint density at radius 2 is 1.71 bits per heavy atom. The van der Waals surface area contributed by atoms with Crippen LogP contribution < -0.4 is 0 Å². The molecule has 8 heteroatoms. The van der Waals surface area contributed by atoms with Gasteiger partial charge < -0.3 is 4.74 Å². The van der Waals surface area contributed by atoms with Crippen LogP contribution in [0.15, 0.2) is 60.5 Å². The molecule has 1 aliphatic heterocycles. The Morgan fingerprint density at radius 1 is 1.03 bits per heavy atom. The highest BCUT2D eigenvalue weighted by molar-refractivity contribution is 5.74. The Morgan fingerprint density at radius 3 is 2.26 bits per heavy atom. The van der Waals surface area contributed by atoms with E-state index in [1.165, 1.54) is 18.6 Å². The molecule has 0 bridgehead atoms. The lowest BCUT2D eigenvalue weighted by atomic mass is 9.75. The molecular formula is C27H29F7O. The van der Waals surface area contributed by atoms with Crippen LogP contribution in [0.2, 0.25) is 0 Å². The highest BCUT2D eigenvalue weighted by Gasteiger charge is 2.31. The van der Waals surface area contributed by atoms with Gasteiger partial charge in [-0.3, -0.25) is 0 Å². The summed E-state index contributed by atoms with van der Waals surface area (Å²) in [6, 6.07) is 4.44. The standard InChI is InChI=1S/C27H29F7O/c1-16-3-10-26(35-15-16)19-6-4-18(5-7-19)20-8-9-21(24(30)12-20)17(2)11-23(29)22(14-28)25(31)13-27(32,33)34/h8-9,11-14,16,18-19,26H,2-7,10,15H2,1H3/b22-14-,23-11+,25-13-. The average Bonchev–Trinajstić information content (AvgIpc) is 2.79. The van der Waals surface area contributed by atoms with Gasteiger partial charge >= 0.3 is 6.18 Å². The van der Waals surface area contributed by atoms with Crippen molar-refractivity contribution < 1.29 is 35.5 Å². The van der Waals surface area contributed by atoms with Crippen molar-refractivity contribution >= 4 is 5.57 Å². The summed E-state index contributed by atoms with van der Waals surface area (Å²) in [4.78, 5) is 0. The first kappa shape index (κ1) is 27.2. The molecule has 0 amide bonds. The van der Waals surface area contributed by atoms with E-state index >= 15 is 0 Å². The predicted molar refractivity (Wildman–Crippen MR) is 122 cm³/mol. The van der Waals surface area contributed by atoms with E-state index in [1.807, 2.05) is 0 Å². The molecule has 0 radical (unpaired) electrons. The van der Waals surface area contributed by atoms with Crippen LogP contribution in [0.1, 0.15) is 62.5 Å². The molecule has 2 unspecified atom stereocenters. The minimum absolute atomic E-state index is 0.110. The van der Waals surface area contributed by atoms with Gasteiger partial charge in [0.2, 0.25) is 0 Å². The number of rotatable bonds is 6. The first-order valence-corrected chi connectivity index (χ1v) is 11.7. The number of ether oxygens (including phenoxy) is 1. The van der Waals surface area contributed by atoms with Crippen molar-refractivity contribution in [3.8, 4) is 0 Å². The lowest BCUT2D eigenvalue weighted by Gasteiger charge is -2.37. The van der Waals surface area contributed by atoms with Gasteiger partial charge in [0.15, 0.2) is 0 Å². The second-order valence-corrected chi connectivity index (χ2v) is 9.48. The number of hydrogen-bond acceptors (Lipinski definition) is 1. The predicted octanol–water partition coefficient (Wildman–Crippen LogP) is 9.05. The van der Waals surface area contributed by atoms with E-state index in [0.717, 1.165) is 44.3 Å². The molecule has 0 spiro atoms. The van der Waals surface area contributed by atoms with Gasteiger partial charge in [0.05, 0.1) is 24.1 Å². The second-order valence-electron chi connectivity index (χ2n) is 9.48. The molecule has 1 nitrogen and oxygen atoms in total. The fourth-order valence-corrected chi connectivity index (χ4v) is 4.89. The summed E-state index contributed by atoms with van der Waals surface area (Å²) in [5.41, 5.74) is -1.11. The second kappa shape index (κ2) is 11.6. The van der Waals surface area contributed by atoms with Gasteiger partial charge in [0, 0.05) is 12.2 Å². The Kier molecular flexibility index (Phi) is 9.02. The van der Waals surface area contributed by atoms with Crippen molar-refractivity contribution in [3.63, 3.8) is 0 Å². The largest absolute Gasteiger partial charge is 0.412 e. The van der Waals surface area contributed by atoms with Gasteiger partial charge in [0.25, 0.3) is 0 Å². The minimum atomic E-state index is -5.10. The first-order valence-electron chi connectivity index (χ1n) is 11.7. The van der Waals surface area contributed by atoms with Crippen LogP contribution in [0.4, 0.5) is 30.7 Å². The van der Waals surface area contributed by atoms with E-state index in [2.05, 4.69) is 13.5 Å². The van der Waals surface area contributed by atoms with E-state index in [9.17, 15) is 30.7 Å². The summed E-state index contributed by atoms with van der Waals surface area (Å²) in [6.45, 7) is 6.48. The van der Waals surface area contributed by atoms with Crippen molar-refractivity contribution in [2.45, 2.75) is 63.6 Å². The van der Waals surface area contributed by atoms with Crippen LogP contribution in [0.25, 0.3) is 5.57 Å². The van der Waals surface area contributed by atoms with Crippen molar-refractivity contribution in [3.05, 3.63) is 77.4 Å². The van der Waals surface area contributed by atoms with E-state index in [-0.39, 0.29) is 23.2 Å². The first-order chi connectivity index (χ1) is 16.5. The fourth-order valence-electron chi connectivity index (χ4n) is 4.89. The summed E-state index contributed by atoms with van der Waals surface area (Å²) in [5, 5.41) is 0. The lowest BCUT2D eigenvalue weighted by molar-refractivity contribution is -0.0812. The molecule has 0 aromatic heterocycles. The molecule has 1 aromatic rings. The van der Waals surface area contributed by atoms with Crippen LogP contribution in [-0.2, 0) is 4.74 Å². The van der Waals surface area contributed by atoms with E-state index < -0.39 is 41.6 Å². The van der Waals surface area contributed by atoms with Crippen molar-refractivity contribution in [1.29, 1.82) is 0 Å². The maximum absolute atomic E-state index is 14.8. The number of benzene rings is 1. The molecule has 1 heterocycles. The maximum atomic E-state index is 14.8. The third kappa shape index (κ3) is 7.32. The smallest absolute Gasteiger partial charge is 0.378 e. The summed E-state index contributed by atoms with van der Waals surface area (Å²) in [6.07, 6.45) is 0.216. The van der Waals surface area contributed by atoms with Crippen LogP contribution in [0, 0.1) is 17.7 Å². The van der Waals surface area contributed by atoms with Crippen LogP contribution in [0.5, 0.6) is 0 Å². The Labute approximate surface area is 201 Å². The minimum Gasteiger partial charge on any atom is -0.378 e. The monoisotopic (exact) mass is 502 g/mol. The highest BCUT2D eigenvalue weighted by Crippen LogP contribution is 2.40. The number of halogens is 7. The van der Waals surface area contributed by atoms with Gasteiger partial charge in [0.1, 0.15) is 17.5 Å². The zero-order valence-electron chi connectivity index (χ0n) is 19.5. The molecule has 192 valence electrons. The topological polar surface area (TPSA) is 9.23 Å².